The molecule has 0 aromatic heterocycles. The zero-order chi connectivity index (χ0) is 19.5. The lowest BCUT2D eigenvalue weighted by molar-refractivity contribution is -0.135. The predicted octanol–water partition coefficient (Wildman–Crippen LogP) is 3.83. The first-order valence-corrected chi connectivity index (χ1v) is 10.1. The van der Waals surface area contributed by atoms with Crippen LogP contribution in [-0.2, 0) is 16.0 Å². The number of para-hydroxylation sites is 1. The molecule has 2 heterocycles. The number of carbonyl (C=O) groups is 2. The van der Waals surface area contributed by atoms with Crippen molar-refractivity contribution in [1.82, 2.24) is 10.2 Å². The van der Waals surface area contributed by atoms with Gasteiger partial charge >= 0.3 is 0 Å². The molecular weight excluding hydrogens is 409 g/mol. The molecule has 2 aromatic carbocycles. The van der Waals surface area contributed by atoms with E-state index in [2.05, 4.69) is 10.6 Å². The van der Waals surface area contributed by atoms with Crippen LogP contribution in [0, 0.1) is 5.92 Å². The van der Waals surface area contributed by atoms with Crippen LogP contribution in [0.5, 0.6) is 0 Å². The van der Waals surface area contributed by atoms with Crippen LogP contribution in [0.1, 0.15) is 30.0 Å². The average Bonchev–Trinajstić information content (AvgIpc) is 2.72. The summed E-state index contributed by atoms with van der Waals surface area (Å²) in [7, 11) is 0. The minimum atomic E-state index is -0.166. The Balaban J connectivity index is 0.00000240. The summed E-state index contributed by atoms with van der Waals surface area (Å²) in [5.74, 6) is -0.0759. The van der Waals surface area contributed by atoms with Gasteiger partial charge in [-0.05, 0) is 36.1 Å². The molecule has 1 fully saturated rings. The number of halogens is 2. The van der Waals surface area contributed by atoms with Gasteiger partial charge in [0.1, 0.15) is 0 Å². The number of amides is 2. The molecule has 2 amide bonds. The summed E-state index contributed by atoms with van der Waals surface area (Å²) >= 11 is 6.37. The molecule has 29 heavy (non-hydrogen) atoms. The van der Waals surface area contributed by atoms with Crippen LogP contribution in [0.2, 0.25) is 5.02 Å². The maximum absolute atomic E-state index is 13.0. The maximum atomic E-state index is 13.0. The van der Waals surface area contributed by atoms with Crippen molar-refractivity contribution in [2.24, 2.45) is 5.92 Å². The van der Waals surface area contributed by atoms with Crippen molar-refractivity contribution >= 4 is 41.5 Å². The Hall–Kier alpha value is -2.08. The fraction of sp³-hybridized carbons (Fsp3) is 0.364. The van der Waals surface area contributed by atoms with E-state index in [1.807, 2.05) is 53.4 Å². The third kappa shape index (κ3) is 4.74. The van der Waals surface area contributed by atoms with Gasteiger partial charge in [-0.15, -0.1) is 12.4 Å². The number of fused-ring (bicyclic) bond motifs is 1. The highest BCUT2D eigenvalue weighted by molar-refractivity contribution is 6.31. The van der Waals surface area contributed by atoms with E-state index in [-0.39, 0.29) is 36.2 Å². The predicted molar refractivity (Wildman–Crippen MR) is 118 cm³/mol. The van der Waals surface area contributed by atoms with Crippen molar-refractivity contribution in [2.75, 3.05) is 25.0 Å². The Kier molecular flexibility index (Phi) is 7.17. The molecule has 2 aliphatic rings. The summed E-state index contributed by atoms with van der Waals surface area (Å²) < 4.78 is 0. The normalized spacial score (nSPS) is 21.0. The van der Waals surface area contributed by atoms with Crippen LogP contribution in [0.25, 0.3) is 0 Å². The van der Waals surface area contributed by atoms with E-state index in [9.17, 15) is 9.59 Å². The fourth-order valence-electron chi connectivity index (χ4n) is 4.11. The monoisotopic (exact) mass is 433 g/mol. The van der Waals surface area contributed by atoms with Gasteiger partial charge < -0.3 is 15.5 Å². The summed E-state index contributed by atoms with van der Waals surface area (Å²) in [6, 6.07) is 15.5. The lowest BCUT2D eigenvalue weighted by Crippen LogP contribution is -2.49. The molecule has 5 nitrogen and oxygen atoms in total. The van der Waals surface area contributed by atoms with Crippen LogP contribution < -0.4 is 10.6 Å². The van der Waals surface area contributed by atoms with Crippen LogP contribution in [0.15, 0.2) is 48.5 Å². The topological polar surface area (TPSA) is 61.4 Å². The van der Waals surface area contributed by atoms with Gasteiger partial charge in [-0.2, -0.15) is 0 Å². The molecule has 2 atom stereocenters. The van der Waals surface area contributed by atoms with Crippen LogP contribution in [-0.4, -0.2) is 36.3 Å². The number of nitrogens with one attached hydrogen (secondary N) is 2. The number of anilines is 1. The second-order valence-electron chi connectivity index (χ2n) is 7.41. The lowest BCUT2D eigenvalue weighted by atomic mass is 9.89. The molecule has 7 heteroatoms. The number of nitrogens with zero attached hydrogens (tertiary/aromatic N) is 1. The first kappa shape index (κ1) is 21.6. The van der Waals surface area contributed by atoms with Gasteiger partial charge in [0.25, 0.3) is 0 Å². The van der Waals surface area contributed by atoms with E-state index >= 15 is 0 Å². The Bertz CT molecular complexity index is 890. The zero-order valence-electron chi connectivity index (χ0n) is 16.1. The summed E-state index contributed by atoms with van der Waals surface area (Å²) in [5.41, 5.74) is 2.99. The first-order valence-electron chi connectivity index (χ1n) is 9.77. The summed E-state index contributed by atoms with van der Waals surface area (Å²) in [6.07, 6.45) is 1.60. The second-order valence-corrected chi connectivity index (χ2v) is 7.82. The molecule has 0 radical (unpaired) electrons. The highest BCUT2D eigenvalue weighted by Crippen LogP contribution is 2.31. The number of rotatable bonds is 4. The molecule has 0 spiro atoms. The molecule has 2 aromatic rings. The van der Waals surface area contributed by atoms with E-state index in [1.54, 1.807) is 0 Å². The van der Waals surface area contributed by atoms with E-state index in [4.69, 9.17) is 11.6 Å². The molecule has 2 aliphatic heterocycles. The smallest absolute Gasteiger partial charge is 0.227 e. The summed E-state index contributed by atoms with van der Waals surface area (Å²) in [4.78, 5) is 27.3. The maximum Gasteiger partial charge on any atom is 0.227 e. The van der Waals surface area contributed by atoms with Gasteiger partial charge in [-0.1, -0.05) is 48.0 Å². The number of carbonyl (C=O) groups excluding carboxylic acids is 2. The number of hydrogen-bond donors (Lipinski definition) is 2. The summed E-state index contributed by atoms with van der Waals surface area (Å²) in [6.45, 7) is 2.10. The average molecular weight is 434 g/mol. The third-order valence-corrected chi connectivity index (χ3v) is 5.99. The zero-order valence-corrected chi connectivity index (χ0v) is 17.6. The van der Waals surface area contributed by atoms with E-state index in [1.165, 1.54) is 0 Å². The molecular formula is C22H25Cl2N3O2. The van der Waals surface area contributed by atoms with Gasteiger partial charge in [0.05, 0.1) is 6.04 Å². The molecule has 1 saturated heterocycles. The largest absolute Gasteiger partial charge is 0.333 e. The van der Waals surface area contributed by atoms with Gasteiger partial charge in [0, 0.05) is 42.7 Å². The molecule has 4 rings (SSSR count). The highest BCUT2D eigenvalue weighted by atomic mass is 35.5. The molecule has 0 bridgehead atoms. The number of piperazine rings is 1. The Morgan fingerprint density at radius 1 is 1.14 bits per heavy atom. The Labute approximate surface area is 182 Å². The number of benzene rings is 2. The molecule has 0 aliphatic carbocycles. The van der Waals surface area contributed by atoms with Gasteiger partial charge in [0.2, 0.25) is 11.8 Å². The van der Waals surface area contributed by atoms with Crippen molar-refractivity contribution in [1.29, 1.82) is 0 Å². The number of hydrogen-bond acceptors (Lipinski definition) is 3. The minimum Gasteiger partial charge on any atom is -0.333 e. The van der Waals surface area contributed by atoms with Crippen LogP contribution in [0.4, 0.5) is 5.69 Å². The fourth-order valence-corrected chi connectivity index (χ4v) is 4.38. The van der Waals surface area contributed by atoms with Gasteiger partial charge in [-0.25, -0.2) is 0 Å². The minimum absolute atomic E-state index is 0. The Morgan fingerprint density at radius 3 is 2.72 bits per heavy atom. The third-order valence-electron chi connectivity index (χ3n) is 5.65. The molecule has 154 valence electrons. The van der Waals surface area contributed by atoms with Crippen molar-refractivity contribution in [2.45, 2.75) is 25.3 Å². The Morgan fingerprint density at radius 2 is 1.90 bits per heavy atom. The van der Waals surface area contributed by atoms with Crippen molar-refractivity contribution < 1.29 is 9.59 Å². The highest BCUT2D eigenvalue weighted by Gasteiger charge is 2.31. The van der Waals surface area contributed by atoms with Crippen molar-refractivity contribution in [3.05, 3.63) is 64.7 Å². The van der Waals surface area contributed by atoms with Crippen molar-refractivity contribution in [3.8, 4) is 0 Å². The van der Waals surface area contributed by atoms with Crippen LogP contribution >= 0.6 is 24.0 Å². The van der Waals surface area contributed by atoms with Crippen LogP contribution in [0.3, 0.4) is 0 Å². The van der Waals surface area contributed by atoms with Gasteiger partial charge in [-0.3, -0.25) is 9.59 Å². The molecule has 2 unspecified atom stereocenters. The van der Waals surface area contributed by atoms with Crippen molar-refractivity contribution in [3.63, 3.8) is 0 Å². The summed E-state index contributed by atoms with van der Waals surface area (Å²) in [5, 5.41) is 6.99. The van der Waals surface area contributed by atoms with E-state index in [0.717, 1.165) is 23.4 Å². The second kappa shape index (κ2) is 9.61. The SMILES string of the molecule is Cl.O=C1Nc2ccccc2CC1CCC(=O)N1CCNCC1c1ccccc1Cl. The standard InChI is InChI=1S/C22H24ClN3O2.ClH/c23-18-7-3-2-6-17(18)20-14-24-11-12-26(20)21(27)10-9-16-13-15-5-1-4-8-19(15)25-22(16)28;/h1-8,16,20,24H,9-14H2,(H,25,28);1H. The first-order chi connectivity index (χ1) is 13.6. The van der Waals surface area contributed by atoms with Gasteiger partial charge in [0.15, 0.2) is 0 Å². The quantitative estimate of drug-likeness (QED) is 0.769. The molecule has 2 N–H and O–H groups in total. The van der Waals surface area contributed by atoms with E-state index in [0.29, 0.717) is 37.4 Å². The molecule has 0 saturated carbocycles. The van der Waals surface area contributed by atoms with E-state index < -0.39 is 0 Å². The lowest BCUT2D eigenvalue weighted by Gasteiger charge is -2.37.